The maximum atomic E-state index is 11.0. The van der Waals surface area contributed by atoms with E-state index in [4.69, 9.17) is 21.1 Å². The van der Waals surface area contributed by atoms with Crippen LogP contribution in [0, 0.1) is 6.92 Å². The Morgan fingerprint density at radius 2 is 2.22 bits per heavy atom. The van der Waals surface area contributed by atoms with Gasteiger partial charge >= 0.3 is 5.97 Å². The van der Waals surface area contributed by atoms with Crippen molar-refractivity contribution in [3.63, 3.8) is 0 Å². The molecule has 1 aromatic rings. The normalized spacial score (nSPS) is 10.2. The lowest BCUT2D eigenvalue weighted by atomic mass is 10.2. The lowest BCUT2D eigenvalue weighted by Crippen LogP contribution is -2.16. The van der Waals surface area contributed by atoms with Crippen molar-refractivity contribution in [3.05, 3.63) is 28.8 Å². The van der Waals surface area contributed by atoms with E-state index in [0.29, 0.717) is 24.8 Å². The molecule has 0 amide bonds. The molecule has 0 fully saturated rings. The first-order valence-electron chi connectivity index (χ1n) is 5.87. The van der Waals surface area contributed by atoms with Crippen molar-refractivity contribution in [2.45, 2.75) is 13.8 Å². The number of esters is 1. The predicted molar refractivity (Wildman–Crippen MR) is 72.1 cm³/mol. The number of nitrogens with one attached hydrogen (secondary N) is 1. The number of aryl methyl sites for hydroxylation is 1. The lowest BCUT2D eigenvalue weighted by Gasteiger charge is -2.09. The number of rotatable bonds is 7. The summed E-state index contributed by atoms with van der Waals surface area (Å²) in [5, 5.41) is 3.82. The molecule has 100 valence electrons. The quantitative estimate of drug-likeness (QED) is 0.612. The standard InChI is InChI=1S/C13H18ClNO3/c1-3-18-13(16)9-17-7-6-15-12-5-4-10(2)8-11(12)14/h4-5,8,15H,3,6-7,9H2,1-2H3. The van der Waals surface area contributed by atoms with Crippen molar-refractivity contribution < 1.29 is 14.3 Å². The largest absolute Gasteiger partial charge is 0.464 e. The summed E-state index contributed by atoms with van der Waals surface area (Å²) >= 11 is 6.06. The maximum absolute atomic E-state index is 11.0. The van der Waals surface area contributed by atoms with Gasteiger partial charge in [-0.1, -0.05) is 17.7 Å². The molecule has 0 saturated carbocycles. The van der Waals surface area contributed by atoms with Crippen LogP contribution >= 0.6 is 11.6 Å². The molecule has 5 heteroatoms. The van der Waals surface area contributed by atoms with Crippen molar-refractivity contribution in [2.75, 3.05) is 31.7 Å². The minimum absolute atomic E-state index is 0.0167. The minimum Gasteiger partial charge on any atom is -0.464 e. The molecular formula is C13H18ClNO3. The zero-order valence-electron chi connectivity index (χ0n) is 10.7. The van der Waals surface area contributed by atoms with Gasteiger partial charge in [0.2, 0.25) is 0 Å². The number of carbonyl (C=O) groups excluding carboxylic acids is 1. The Morgan fingerprint density at radius 3 is 2.89 bits per heavy atom. The lowest BCUT2D eigenvalue weighted by molar-refractivity contribution is -0.148. The fourth-order valence-electron chi connectivity index (χ4n) is 1.38. The number of anilines is 1. The van der Waals surface area contributed by atoms with E-state index < -0.39 is 0 Å². The van der Waals surface area contributed by atoms with E-state index >= 15 is 0 Å². The highest BCUT2D eigenvalue weighted by Crippen LogP contribution is 2.22. The van der Waals surface area contributed by atoms with Gasteiger partial charge in [0.05, 0.1) is 23.9 Å². The molecule has 0 atom stereocenters. The van der Waals surface area contributed by atoms with Gasteiger partial charge < -0.3 is 14.8 Å². The van der Waals surface area contributed by atoms with Crippen molar-refractivity contribution in [1.29, 1.82) is 0 Å². The molecule has 18 heavy (non-hydrogen) atoms. The fraction of sp³-hybridized carbons (Fsp3) is 0.462. The van der Waals surface area contributed by atoms with E-state index in [1.807, 2.05) is 25.1 Å². The SMILES string of the molecule is CCOC(=O)COCCNc1ccc(C)cc1Cl. The molecule has 0 aromatic heterocycles. The second kappa shape index (κ2) is 7.95. The summed E-state index contributed by atoms with van der Waals surface area (Å²) in [5.74, 6) is -0.342. The van der Waals surface area contributed by atoms with Gasteiger partial charge in [0.25, 0.3) is 0 Å². The van der Waals surface area contributed by atoms with E-state index in [0.717, 1.165) is 11.3 Å². The summed E-state index contributed by atoms with van der Waals surface area (Å²) in [4.78, 5) is 11.0. The Labute approximate surface area is 112 Å². The molecule has 0 aliphatic carbocycles. The molecule has 0 aliphatic rings. The van der Waals surface area contributed by atoms with Crippen LogP contribution < -0.4 is 5.32 Å². The smallest absolute Gasteiger partial charge is 0.332 e. The van der Waals surface area contributed by atoms with Gasteiger partial charge in [-0.15, -0.1) is 0 Å². The molecule has 0 unspecified atom stereocenters. The monoisotopic (exact) mass is 271 g/mol. The summed E-state index contributed by atoms with van der Waals surface area (Å²) in [6, 6.07) is 5.79. The van der Waals surface area contributed by atoms with E-state index in [9.17, 15) is 4.79 Å². The Kier molecular flexibility index (Phi) is 6.54. The van der Waals surface area contributed by atoms with E-state index in [1.54, 1.807) is 6.92 Å². The van der Waals surface area contributed by atoms with Crippen LogP contribution in [-0.2, 0) is 14.3 Å². The second-order valence-corrected chi connectivity index (χ2v) is 4.17. The van der Waals surface area contributed by atoms with Crippen molar-refractivity contribution in [2.24, 2.45) is 0 Å². The van der Waals surface area contributed by atoms with Crippen molar-refractivity contribution in [1.82, 2.24) is 0 Å². The third-order valence-electron chi connectivity index (χ3n) is 2.21. The van der Waals surface area contributed by atoms with E-state index in [1.165, 1.54) is 0 Å². The van der Waals surface area contributed by atoms with Gasteiger partial charge in [0.15, 0.2) is 0 Å². The zero-order chi connectivity index (χ0) is 13.4. The van der Waals surface area contributed by atoms with Crippen molar-refractivity contribution >= 4 is 23.3 Å². The molecule has 0 spiro atoms. The van der Waals surface area contributed by atoms with Gasteiger partial charge in [0.1, 0.15) is 6.61 Å². The first-order valence-corrected chi connectivity index (χ1v) is 6.24. The third-order valence-corrected chi connectivity index (χ3v) is 2.52. The molecule has 1 rings (SSSR count). The van der Waals surface area contributed by atoms with E-state index in [-0.39, 0.29) is 12.6 Å². The summed E-state index contributed by atoms with van der Waals surface area (Å²) in [6.45, 7) is 5.11. The first kappa shape index (κ1) is 14.8. The van der Waals surface area contributed by atoms with Crippen LogP contribution in [-0.4, -0.2) is 32.3 Å². The van der Waals surface area contributed by atoms with Crippen LogP contribution in [0.1, 0.15) is 12.5 Å². The Balaban J connectivity index is 2.20. The average molecular weight is 272 g/mol. The Morgan fingerprint density at radius 1 is 1.44 bits per heavy atom. The van der Waals surface area contributed by atoms with E-state index in [2.05, 4.69) is 5.32 Å². The summed E-state index contributed by atoms with van der Waals surface area (Å²) in [7, 11) is 0. The molecule has 0 saturated heterocycles. The molecule has 0 aliphatic heterocycles. The Hall–Kier alpha value is -1.26. The van der Waals surface area contributed by atoms with Gasteiger partial charge in [-0.05, 0) is 31.5 Å². The third kappa shape index (κ3) is 5.38. The summed E-state index contributed by atoms with van der Waals surface area (Å²) in [6.07, 6.45) is 0. The van der Waals surface area contributed by atoms with Gasteiger partial charge in [-0.3, -0.25) is 0 Å². The molecule has 1 aromatic carbocycles. The fourth-order valence-corrected chi connectivity index (χ4v) is 1.68. The second-order valence-electron chi connectivity index (χ2n) is 3.77. The highest BCUT2D eigenvalue weighted by atomic mass is 35.5. The van der Waals surface area contributed by atoms with Crippen LogP contribution in [0.15, 0.2) is 18.2 Å². The summed E-state index contributed by atoms with van der Waals surface area (Å²) < 4.78 is 9.89. The van der Waals surface area contributed by atoms with Crippen LogP contribution in [0.3, 0.4) is 0 Å². The Bertz CT molecular complexity index is 396. The summed E-state index contributed by atoms with van der Waals surface area (Å²) in [5.41, 5.74) is 1.98. The molecule has 0 heterocycles. The van der Waals surface area contributed by atoms with Crippen LogP contribution in [0.2, 0.25) is 5.02 Å². The molecule has 0 bridgehead atoms. The molecule has 4 nitrogen and oxygen atoms in total. The zero-order valence-corrected chi connectivity index (χ0v) is 11.4. The molecule has 0 radical (unpaired) electrons. The minimum atomic E-state index is -0.342. The number of halogens is 1. The first-order chi connectivity index (χ1) is 8.63. The van der Waals surface area contributed by atoms with Gasteiger partial charge in [-0.25, -0.2) is 4.79 Å². The number of carbonyl (C=O) groups is 1. The van der Waals surface area contributed by atoms with Crippen LogP contribution in [0.25, 0.3) is 0 Å². The molecule has 1 N–H and O–H groups in total. The van der Waals surface area contributed by atoms with Crippen LogP contribution in [0.5, 0.6) is 0 Å². The average Bonchev–Trinajstić information content (AvgIpc) is 2.31. The highest BCUT2D eigenvalue weighted by Gasteiger charge is 2.02. The number of hydrogen-bond donors (Lipinski definition) is 1. The number of benzene rings is 1. The molecular weight excluding hydrogens is 254 g/mol. The van der Waals surface area contributed by atoms with Gasteiger partial charge in [-0.2, -0.15) is 0 Å². The predicted octanol–water partition coefficient (Wildman–Crippen LogP) is 2.64. The number of ether oxygens (including phenoxy) is 2. The van der Waals surface area contributed by atoms with Gasteiger partial charge in [0, 0.05) is 6.54 Å². The highest BCUT2D eigenvalue weighted by molar-refractivity contribution is 6.33. The van der Waals surface area contributed by atoms with Crippen LogP contribution in [0.4, 0.5) is 5.69 Å². The number of hydrogen-bond acceptors (Lipinski definition) is 4. The maximum Gasteiger partial charge on any atom is 0.332 e. The topological polar surface area (TPSA) is 47.6 Å². The van der Waals surface area contributed by atoms with Crippen molar-refractivity contribution in [3.8, 4) is 0 Å².